The zero-order chi connectivity index (χ0) is 12.4. The zero-order valence-corrected chi connectivity index (χ0v) is 10.1. The first-order chi connectivity index (χ1) is 8.09. The molecule has 0 saturated heterocycles. The number of carbonyl (C=O) groups is 1. The van der Waals surface area contributed by atoms with E-state index < -0.39 is 5.97 Å². The van der Waals surface area contributed by atoms with E-state index in [1.165, 1.54) is 11.6 Å². The third-order valence-corrected chi connectivity index (χ3v) is 3.16. The van der Waals surface area contributed by atoms with Gasteiger partial charge in [0, 0.05) is 11.6 Å². The molecule has 0 amide bonds. The van der Waals surface area contributed by atoms with Crippen LogP contribution in [0.2, 0.25) is 0 Å². The number of ether oxygens (including phenoxy) is 1. The lowest BCUT2D eigenvalue weighted by Gasteiger charge is -2.13. The van der Waals surface area contributed by atoms with Gasteiger partial charge in [0.1, 0.15) is 5.75 Å². The third-order valence-electron chi connectivity index (χ3n) is 3.16. The predicted octanol–water partition coefficient (Wildman–Crippen LogP) is 2.94. The molecule has 1 aromatic rings. The molecule has 0 radical (unpaired) electrons. The van der Waals surface area contributed by atoms with Crippen molar-refractivity contribution in [2.24, 2.45) is 0 Å². The topological polar surface area (TPSA) is 46.5 Å². The second-order valence-electron chi connectivity index (χ2n) is 4.34. The molecule has 1 aliphatic rings. The fourth-order valence-corrected chi connectivity index (χ4v) is 2.10. The van der Waals surface area contributed by atoms with Crippen LogP contribution in [0.3, 0.4) is 0 Å². The molecule has 0 spiro atoms. The summed E-state index contributed by atoms with van der Waals surface area (Å²) >= 11 is 0. The maximum absolute atomic E-state index is 10.8. The Labute approximate surface area is 101 Å². The SMILES string of the molecule is Cc1ccc2c(c1C)OCCC/C2=C\C(=O)O. The van der Waals surface area contributed by atoms with Gasteiger partial charge in [-0.15, -0.1) is 0 Å². The molecule has 1 aromatic carbocycles. The summed E-state index contributed by atoms with van der Waals surface area (Å²) in [6, 6.07) is 3.97. The number of aryl methyl sites for hydroxylation is 1. The fraction of sp³-hybridized carbons (Fsp3) is 0.357. The lowest BCUT2D eigenvalue weighted by Crippen LogP contribution is -1.98. The Hall–Kier alpha value is -1.77. The molecule has 0 aliphatic carbocycles. The van der Waals surface area contributed by atoms with Crippen LogP contribution in [0.25, 0.3) is 5.57 Å². The van der Waals surface area contributed by atoms with Crippen molar-refractivity contribution in [2.45, 2.75) is 26.7 Å². The van der Waals surface area contributed by atoms with Crippen LogP contribution in [0.1, 0.15) is 29.5 Å². The Morgan fingerprint density at radius 3 is 2.88 bits per heavy atom. The Morgan fingerprint density at radius 2 is 2.18 bits per heavy atom. The van der Waals surface area contributed by atoms with Crippen molar-refractivity contribution in [3.05, 3.63) is 34.9 Å². The van der Waals surface area contributed by atoms with Gasteiger partial charge in [-0.1, -0.05) is 12.1 Å². The van der Waals surface area contributed by atoms with Crippen LogP contribution in [0.4, 0.5) is 0 Å². The van der Waals surface area contributed by atoms with Gasteiger partial charge in [-0.3, -0.25) is 0 Å². The van der Waals surface area contributed by atoms with Crippen molar-refractivity contribution in [1.29, 1.82) is 0 Å². The van der Waals surface area contributed by atoms with E-state index in [1.54, 1.807) is 0 Å². The van der Waals surface area contributed by atoms with Gasteiger partial charge in [0.2, 0.25) is 0 Å². The highest BCUT2D eigenvalue weighted by Crippen LogP contribution is 2.36. The van der Waals surface area contributed by atoms with E-state index >= 15 is 0 Å². The Balaban J connectivity index is 2.58. The van der Waals surface area contributed by atoms with Crippen molar-refractivity contribution in [3.8, 4) is 5.75 Å². The average molecular weight is 232 g/mol. The summed E-state index contributed by atoms with van der Waals surface area (Å²) in [4.78, 5) is 10.8. The number of benzene rings is 1. The summed E-state index contributed by atoms with van der Waals surface area (Å²) in [5.41, 5.74) is 4.04. The average Bonchev–Trinajstić information content (AvgIpc) is 2.46. The van der Waals surface area contributed by atoms with Crippen molar-refractivity contribution in [1.82, 2.24) is 0 Å². The van der Waals surface area contributed by atoms with Gasteiger partial charge in [0.05, 0.1) is 6.61 Å². The Kier molecular flexibility index (Phi) is 3.18. The summed E-state index contributed by atoms with van der Waals surface area (Å²) in [6.07, 6.45) is 2.90. The summed E-state index contributed by atoms with van der Waals surface area (Å²) in [5, 5.41) is 8.89. The van der Waals surface area contributed by atoms with Crippen molar-refractivity contribution in [2.75, 3.05) is 6.61 Å². The minimum absolute atomic E-state index is 0.647. The second-order valence-corrected chi connectivity index (χ2v) is 4.34. The molecule has 1 aliphatic heterocycles. The van der Waals surface area contributed by atoms with Gasteiger partial charge in [-0.2, -0.15) is 0 Å². The molecular formula is C14H16O3. The zero-order valence-electron chi connectivity index (χ0n) is 10.1. The molecule has 0 saturated carbocycles. The molecule has 1 N–H and O–H groups in total. The van der Waals surface area contributed by atoms with Crippen LogP contribution in [0.5, 0.6) is 5.75 Å². The van der Waals surface area contributed by atoms with Gasteiger partial charge in [-0.05, 0) is 43.4 Å². The normalized spacial score (nSPS) is 17.2. The molecule has 0 atom stereocenters. The number of aliphatic carboxylic acids is 1. The lowest BCUT2D eigenvalue weighted by molar-refractivity contribution is -0.131. The third kappa shape index (κ3) is 2.33. The number of carboxylic acid groups (broad SMARTS) is 1. The summed E-state index contributed by atoms with van der Waals surface area (Å²) in [6.45, 7) is 4.69. The highest BCUT2D eigenvalue weighted by molar-refractivity contribution is 5.91. The maximum atomic E-state index is 10.8. The number of carboxylic acids is 1. The molecule has 3 nitrogen and oxygen atoms in total. The molecule has 1 heterocycles. The first-order valence-corrected chi connectivity index (χ1v) is 5.76. The molecular weight excluding hydrogens is 216 g/mol. The van der Waals surface area contributed by atoms with Gasteiger partial charge >= 0.3 is 5.97 Å². The van der Waals surface area contributed by atoms with Crippen LogP contribution in [-0.2, 0) is 4.79 Å². The van der Waals surface area contributed by atoms with E-state index in [9.17, 15) is 4.79 Å². The van der Waals surface area contributed by atoms with Crippen molar-refractivity contribution in [3.63, 3.8) is 0 Å². The second kappa shape index (κ2) is 4.62. The minimum atomic E-state index is -0.897. The maximum Gasteiger partial charge on any atom is 0.328 e. The molecule has 0 unspecified atom stereocenters. The fourth-order valence-electron chi connectivity index (χ4n) is 2.10. The monoisotopic (exact) mass is 232 g/mol. The molecule has 90 valence electrons. The van der Waals surface area contributed by atoms with Crippen LogP contribution in [0, 0.1) is 13.8 Å². The molecule has 0 fully saturated rings. The van der Waals surface area contributed by atoms with E-state index in [4.69, 9.17) is 9.84 Å². The standard InChI is InChI=1S/C14H16O3/c1-9-5-6-12-11(8-13(15)16)4-3-7-17-14(12)10(9)2/h5-6,8H,3-4,7H2,1-2H3,(H,15,16)/b11-8+. The number of fused-ring (bicyclic) bond motifs is 1. The van der Waals surface area contributed by atoms with E-state index in [0.717, 1.165) is 35.3 Å². The van der Waals surface area contributed by atoms with E-state index in [-0.39, 0.29) is 0 Å². The van der Waals surface area contributed by atoms with Crippen LogP contribution in [0.15, 0.2) is 18.2 Å². The van der Waals surface area contributed by atoms with Crippen LogP contribution < -0.4 is 4.74 Å². The van der Waals surface area contributed by atoms with Gasteiger partial charge in [0.15, 0.2) is 0 Å². The smallest absolute Gasteiger partial charge is 0.328 e. The first kappa shape index (κ1) is 11.7. The van der Waals surface area contributed by atoms with Crippen molar-refractivity contribution >= 4 is 11.5 Å². The minimum Gasteiger partial charge on any atom is -0.493 e. The van der Waals surface area contributed by atoms with Gasteiger partial charge in [0.25, 0.3) is 0 Å². The number of hydrogen-bond acceptors (Lipinski definition) is 2. The predicted molar refractivity (Wildman–Crippen MR) is 66.3 cm³/mol. The molecule has 2 rings (SSSR count). The molecule has 3 heteroatoms. The highest BCUT2D eigenvalue weighted by Gasteiger charge is 2.17. The number of rotatable bonds is 1. The summed E-state index contributed by atoms with van der Waals surface area (Å²) in [7, 11) is 0. The van der Waals surface area contributed by atoms with Crippen LogP contribution in [-0.4, -0.2) is 17.7 Å². The number of hydrogen-bond donors (Lipinski definition) is 1. The van der Waals surface area contributed by atoms with E-state index in [1.807, 2.05) is 26.0 Å². The van der Waals surface area contributed by atoms with Gasteiger partial charge in [-0.25, -0.2) is 4.79 Å². The number of allylic oxidation sites excluding steroid dienone is 1. The van der Waals surface area contributed by atoms with Crippen molar-refractivity contribution < 1.29 is 14.6 Å². The molecule has 0 bridgehead atoms. The van der Waals surface area contributed by atoms with E-state index in [2.05, 4.69) is 0 Å². The first-order valence-electron chi connectivity index (χ1n) is 5.76. The van der Waals surface area contributed by atoms with Crippen LogP contribution >= 0.6 is 0 Å². The van der Waals surface area contributed by atoms with Gasteiger partial charge < -0.3 is 9.84 Å². The molecule has 17 heavy (non-hydrogen) atoms. The van der Waals surface area contributed by atoms with E-state index in [0.29, 0.717) is 6.61 Å². The Morgan fingerprint density at radius 1 is 1.41 bits per heavy atom. The molecule has 0 aromatic heterocycles. The summed E-state index contributed by atoms with van der Waals surface area (Å²) < 4.78 is 5.74. The lowest BCUT2D eigenvalue weighted by atomic mass is 9.96. The highest BCUT2D eigenvalue weighted by atomic mass is 16.5. The largest absolute Gasteiger partial charge is 0.493 e. The Bertz CT molecular complexity index is 486. The summed E-state index contributed by atoms with van der Waals surface area (Å²) in [5.74, 6) is -0.0546. The quantitative estimate of drug-likeness (QED) is 0.757.